The van der Waals surface area contributed by atoms with Gasteiger partial charge in [0.2, 0.25) is 0 Å². The number of para-hydroxylation sites is 1. The van der Waals surface area contributed by atoms with Crippen LogP contribution in [0.1, 0.15) is 42.1 Å². The molecular weight excluding hydrogens is 314 g/mol. The lowest BCUT2D eigenvalue weighted by atomic mass is 10.1. The number of hydrogen-bond donors (Lipinski definition) is 2. The molecule has 0 aliphatic carbocycles. The van der Waals surface area contributed by atoms with Crippen molar-refractivity contribution in [3.63, 3.8) is 0 Å². The summed E-state index contributed by atoms with van der Waals surface area (Å²) < 4.78 is 0. The summed E-state index contributed by atoms with van der Waals surface area (Å²) in [4.78, 5) is 14.5. The molecule has 1 heterocycles. The summed E-state index contributed by atoms with van der Waals surface area (Å²) in [5.41, 5.74) is 5.61. The Hall–Kier alpha value is -2.82. The number of rotatable bonds is 4. The van der Waals surface area contributed by atoms with E-state index in [1.165, 1.54) is 31.0 Å². The minimum Gasteiger partial charge on any atom is -0.507 e. The monoisotopic (exact) mass is 337 g/mol. The number of nitrogens with zero attached hydrogens (tertiary/aromatic N) is 2. The highest BCUT2D eigenvalue weighted by atomic mass is 16.3. The lowest BCUT2D eigenvalue weighted by Gasteiger charge is -2.28. The van der Waals surface area contributed by atoms with Crippen molar-refractivity contribution in [2.45, 2.75) is 26.2 Å². The molecule has 1 fully saturated rings. The number of phenols is 1. The topological polar surface area (TPSA) is 64.9 Å². The summed E-state index contributed by atoms with van der Waals surface area (Å²) in [5.74, 6) is -0.485. The standard InChI is InChI=1S/C20H23N3O2/c1-15(21-22-20(25)18-7-3-4-8-19(18)24)16-9-11-17(12-10-16)23-13-5-2-6-14-23/h3-4,7-12,24H,2,5-6,13-14H2,1H3,(H,22,25)/b21-15-. The Labute approximate surface area is 148 Å². The maximum absolute atomic E-state index is 12.1. The minimum absolute atomic E-state index is 0.0567. The Balaban J connectivity index is 1.66. The van der Waals surface area contributed by atoms with Crippen molar-refractivity contribution < 1.29 is 9.90 Å². The van der Waals surface area contributed by atoms with Gasteiger partial charge in [-0.3, -0.25) is 4.79 Å². The first-order valence-corrected chi connectivity index (χ1v) is 8.63. The minimum atomic E-state index is -0.428. The zero-order valence-electron chi connectivity index (χ0n) is 14.4. The van der Waals surface area contributed by atoms with E-state index < -0.39 is 5.91 Å². The molecule has 2 aromatic rings. The van der Waals surface area contributed by atoms with Crippen molar-refractivity contribution in [3.05, 3.63) is 59.7 Å². The Morgan fingerprint density at radius 1 is 1.04 bits per heavy atom. The van der Waals surface area contributed by atoms with E-state index >= 15 is 0 Å². The SMILES string of the molecule is C/C(=N/NC(=O)c1ccccc1O)c1ccc(N2CCCCC2)cc1. The van der Waals surface area contributed by atoms with Gasteiger partial charge in [-0.15, -0.1) is 0 Å². The molecule has 2 aromatic carbocycles. The molecule has 1 saturated heterocycles. The zero-order chi connectivity index (χ0) is 17.6. The molecule has 0 saturated carbocycles. The predicted molar refractivity (Wildman–Crippen MR) is 100 cm³/mol. The summed E-state index contributed by atoms with van der Waals surface area (Å²) >= 11 is 0. The third kappa shape index (κ3) is 4.18. The van der Waals surface area contributed by atoms with E-state index in [0.717, 1.165) is 18.7 Å². The number of piperidine rings is 1. The van der Waals surface area contributed by atoms with Gasteiger partial charge in [-0.1, -0.05) is 24.3 Å². The Bertz CT molecular complexity index is 763. The highest BCUT2D eigenvalue weighted by molar-refractivity contribution is 6.01. The summed E-state index contributed by atoms with van der Waals surface area (Å²) in [6.07, 6.45) is 3.82. The van der Waals surface area contributed by atoms with Gasteiger partial charge in [0.15, 0.2) is 0 Å². The van der Waals surface area contributed by atoms with Crippen LogP contribution in [0.4, 0.5) is 5.69 Å². The summed E-state index contributed by atoms with van der Waals surface area (Å²) in [5, 5.41) is 13.8. The second-order valence-electron chi connectivity index (χ2n) is 6.25. The number of hydrazone groups is 1. The number of phenolic OH excluding ortho intramolecular Hbond substituents is 1. The van der Waals surface area contributed by atoms with Crippen LogP contribution >= 0.6 is 0 Å². The van der Waals surface area contributed by atoms with Crippen LogP contribution in [0.3, 0.4) is 0 Å². The lowest BCUT2D eigenvalue weighted by Crippen LogP contribution is -2.29. The quantitative estimate of drug-likeness (QED) is 0.662. The van der Waals surface area contributed by atoms with Crippen molar-refractivity contribution in [1.29, 1.82) is 0 Å². The molecule has 0 spiro atoms. The largest absolute Gasteiger partial charge is 0.507 e. The van der Waals surface area contributed by atoms with Gasteiger partial charge in [0.1, 0.15) is 5.75 Å². The number of hydrogen-bond acceptors (Lipinski definition) is 4. The fourth-order valence-electron chi connectivity index (χ4n) is 2.99. The van der Waals surface area contributed by atoms with Crippen LogP contribution < -0.4 is 10.3 Å². The van der Waals surface area contributed by atoms with E-state index in [0.29, 0.717) is 5.71 Å². The first-order chi connectivity index (χ1) is 12.1. The molecule has 5 heteroatoms. The van der Waals surface area contributed by atoms with Gasteiger partial charge in [0.05, 0.1) is 11.3 Å². The number of nitrogens with one attached hydrogen (secondary N) is 1. The first kappa shape index (κ1) is 17.0. The Morgan fingerprint density at radius 2 is 1.72 bits per heavy atom. The third-order valence-electron chi connectivity index (χ3n) is 4.48. The van der Waals surface area contributed by atoms with Gasteiger partial charge in [-0.2, -0.15) is 5.10 Å². The van der Waals surface area contributed by atoms with Crippen LogP contribution in [0.15, 0.2) is 53.6 Å². The molecular formula is C20H23N3O2. The zero-order valence-corrected chi connectivity index (χ0v) is 14.4. The van der Waals surface area contributed by atoms with Gasteiger partial charge < -0.3 is 10.0 Å². The fraction of sp³-hybridized carbons (Fsp3) is 0.300. The molecule has 1 aliphatic rings. The molecule has 0 bridgehead atoms. The van der Waals surface area contributed by atoms with Crippen molar-refractivity contribution in [2.75, 3.05) is 18.0 Å². The summed E-state index contributed by atoms with van der Waals surface area (Å²) in [6, 6.07) is 14.7. The number of carbonyl (C=O) groups is 1. The van der Waals surface area contributed by atoms with Crippen molar-refractivity contribution in [1.82, 2.24) is 5.43 Å². The maximum Gasteiger partial charge on any atom is 0.275 e. The molecule has 0 unspecified atom stereocenters. The predicted octanol–water partition coefficient (Wildman–Crippen LogP) is 3.54. The van der Waals surface area contributed by atoms with Crippen LogP contribution in [0.25, 0.3) is 0 Å². The average Bonchev–Trinajstić information content (AvgIpc) is 2.67. The number of aromatic hydroxyl groups is 1. The van der Waals surface area contributed by atoms with E-state index in [1.54, 1.807) is 18.2 Å². The highest BCUT2D eigenvalue weighted by Crippen LogP contribution is 2.20. The number of anilines is 1. The second-order valence-corrected chi connectivity index (χ2v) is 6.25. The van der Waals surface area contributed by atoms with E-state index in [4.69, 9.17) is 0 Å². The fourth-order valence-corrected chi connectivity index (χ4v) is 2.99. The molecule has 1 amide bonds. The third-order valence-corrected chi connectivity index (χ3v) is 4.48. The average molecular weight is 337 g/mol. The molecule has 130 valence electrons. The molecule has 2 N–H and O–H groups in total. The van der Waals surface area contributed by atoms with Crippen molar-refractivity contribution >= 4 is 17.3 Å². The highest BCUT2D eigenvalue weighted by Gasteiger charge is 2.11. The molecule has 1 aliphatic heterocycles. The van der Waals surface area contributed by atoms with Crippen molar-refractivity contribution in [3.8, 4) is 5.75 Å². The van der Waals surface area contributed by atoms with E-state index in [1.807, 2.05) is 19.1 Å². The Morgan fingerprint density at radius 3 is 2.40 bits per heavy atom. The summed E-state index contributed by atoms with van der Waals surface area (Å²) in [6.45, 7) is 4.08. The van der Waals surface area contributed by atoms with Gasteiger partial charge in [0, 0.05) is 18.8 Å². The number of benzene rings is 2. The Kier molecular flexibility index (Phi) is 5.33. The van der Waals surface area contributed by atoms with Gasteiger partial charge in [0.25, 0.3) is 5.91 Å². The maximum atomic E-state index is 12.1. The van der Waals surface area contributed by atoms with E-state index in [2.05, 4.69) is 27.6 Å². The van der Waals surface area contributed by atoms with Crippen LogP contribution in [-0.4, -0.2) is 29.8 Å². The number of amides is 1. The van der Waals surface area contributed by atoms with Gasteiger partial charge in [-0.05, 0) is 56.0 Å². The molecule has 5 nitrogen and oxygen atoms in total. The van der Waals surface area contributed by atoms with E-state index in [9.17, 15) is 9.90 Å². The summed E-state index contributed by atoms with van der Waals surface area (Å²) in [7, 11) is 0. The molecule has 0 radical (unpaired) electrons. The van der Waals surface area contributed by atoms with Crippen molar-refractivity contribution in [2.24, 2.45) is 5.10 Å². The lowest BCUT2D eigenvalue weighted by molar-refractivity contribution is 0.0952. The van der Waals surface area contributed by atoms with E-state index in [-0.39, 0.29) is 11.3 Å². The number of carbonyl (C=O) groups excluding carboxylic acids is 1. The second kappa shape index (κ2) is 7.83. The normalized spacial score (nSPS) is 15.1. The molecule has 25 heavy (non-hydrogen) atoms. The smallest absolute Gasteiger partial charge is 0.275 e. The van der Waals surface area contributed by atoms with Gasteiger partial charge in [-0.25, -0.2) is 5.43 Å². The molecule has 3 rings (SSSR count). The first-order valence-electron chi connectivity index (χ1n) is 8.63. The van der Waals surface area contributed by atoms with Crippen LogP contribution in [0, 0.1) is 0 Å². The molecule has 0 atom stereocenters. The van der Waals surface area contributed by atoms with Crippen LogP contribution in [0.2, 0.25) is 0 Å². The molecule has 0 aromatic heterocycles. The van der Waals surface area contributed by atoms with Gasteiger partial charge >= 0.3 is 0 Å². The van der Waals surface area contributed by atoms with Crippen LogP contribution in [0.5, 0.6) is 5.75 Å². The van der Waals surface area contributed by atoms with Crippen LogP contribution in [-0.2, 0) is 0 Å².